The Morgan fingerprint density at radius 3 is 2.14 bits per heavy atom. The smallest absolute Gasteiger partial charge is 0.228 e. The molecule has 0 aliphatic heterocycles. The SMILES string of the molecule is CC(=O)N(c1ccccc1CC(=O)Cl)c1c(Cl)cccc1Cl. The van der Waals surface area contributed by atoms with Gasteiger partial charge in [0.25, 0.3) is 0 Å². The van der Waals surface area contributed by atoms with E-state index < -0.39 is 5.24 Å². The van der Waals surface area contributed by atoms with Crippen molar-refractivity contribution in [3.05, 3.63) is 58.1 Å². The minimum atomic E-state index is -0.513. The Hall–Kier alpha value is -1.55. The van der Waals surface area contributed by atoms with Gasteiger partial charge in [-0.1, -0.05) is 47.5 Å². The number of carbonyl (C=O) groups excluding carboxylic acids is 2. The number of hydrogen-bond acceptors (Lipinski definition) is 2. The van der Waals surface area contributed by atoms with Crippen LogP contribution in [0.25, 0.3) is 0 Å². The molecule has 0 aromatic heterocycles. The van der Waals surface area contributed by atoms with Crippen molar-refractivity contribution in [1.82, 2.24) is 0 Å². The van der Waals surface area contributed by atoms with Crippen LogP contribution >= 0.6 is 34.8 Å². The van der Waals surface area contributed by atoms with Gasteiger partial charge < -0.3 is 0 Å². The predicted octanol–water partition coefficient (Wildman–Crippen LogP) is 4.99. The molecule has 0 radical (unpaired) electrons. The molecule has 3 nitrogen and oxygen atoms in total. The van der Waals surface area contributed by atoms with Crippen molar-refractivity contribution >= 4 is 57.3 Å². The van der Waals surface area contributed by atoms with Crippen LogP contribution in [0, 0.1) is 0 Å². The monoisotopic (exact) mass is 355 g/mol. The van der Waals surface area contributed by atoms with E-state index in [1.165, 1.54) is 11.8 Å². The molecule has 0 N–H and O–H groups in total. The van der Waals surface area contributed by atoms with Crippen molar-refractivity contribution in [3.63, 3.8) is 0 Å². The zero-order valence-electron chi connectivity index (χ0n) is 11.6. The van der Waals surface area contributed by atoms with E-state index in [1.54, 1.807) is 42.5 Å². The summed E-state index contributed by atoms with van der Waals surface area (Å²) in [4.78, 5) is 24.8. The summed E-state index contributed by atoms with van der Waals surface area (Å²) >= 11 is 17.9. The molecule has 0 saturated carbocycles. The van der Waals surface area contributed by atoms with E-state index in [9.17, 15) is 9.59 Å². The Kier molecular flexibility index (Phi) is 5.46. The van der Waals surface area contributed by atoms with Crippen LogP contribution in [0.15, 0.2) is 42.5 Å². The van der Waals surface area contributed by atoms with E-state index in [2.05, 4.69) is 0 Å². The fraction of sp³-hybridized carbons (Fsp3) is 0.125. The second kappa shape index (κ2) is 7.14. The second-order valence-corrected chi connectivity index (χ2v) is 5.82. The summed E-state index contributed by atoms with van der Waals surface area (Å²) in [6.07, 6.45) is 0.00355. The zero-order chi connectivity index (χ0) is 16.3. The fourth-order valence-electron chi connectivity index (χ4n) is 2.18. The van der Waals surface area contributed by atoms with Gasteiger partial charge in [0.1, 0.15) is 0 Å². The number of para-hydroxylation sites is 2. The highest BCUT2D eigenvalue weighted by molar-refractivity contribution is 6.63. The largest absolute Gasteiger partial charge is 0.281 e. The molecule has 0 aliphatic rings. The maximum atomic E-state index is 12.2. The van der Waals surface area contributed by atoms with Gasteiger partial charge in [0.05, 0.1) is 21.4 Å². The molecule has 6 heteroatoms. The highest BCUT2D eigenvalue weighted by Crippen LogP contribution is 2.39. The summed E-state index contributed by atoms with van der Waals surface area (Å²) in [6.45, 7) is 1.40. The van der Waals surface area contributed by atoms with E-state index >= 15 is 0 Å². The molecule has 22 heavy (non-hydrogen) atoms. The van der Waals surface area contributed by atoms with Gasteiger partial charge in [-0.15, -0.1) is 0 Å². The normalized spacial score (nSPS) is 10.4. The Bertz CT molecular complexity index is 711. The molecule has 114 valence electrons. The number of nitrogens with zero attached hydrogens (tertiary/aromatic N) is 1. The summed E-state index contributed by atoms with van der Waals surface area (Å²) < 4.78 is 0. The summed E-state index contributed by atoms with van der Waals surface area (Å²) in [7, 11) is 0. The number of anilines is 2. The molecule has 2 rings (SSSR count). The van der Waals surface area contributed by atoms with Gasteiger partial charge in [-0.05, 0) is 35.4 Å². The Labute approximate surface area is 143 Å². The van der Waals surface area contributed by atoms with E-state index in [0.717, 1.165) is 0 Å². The number of halogens is 3. The van der Waals surface area contributed by atoms with Gasteiger partial charge in [0, 0.05) is 13.3 Å². The topological polar surface area (TPSA) is 37.4 Å². The van der Waals surface area contributed by atoms with Crippen molar-refractivity contribution in [1.29, 1.82) is 0 Å². The average molecular weight is 357 g/mol. The third-order valence-electron chi connectivity index (χ3n) is 3.04. The Morgan fingerprint density at radius 1 is 1.00 bits per heavy atom. The summed E-state index contributed by atoms with van der Waals surface area (Å²) in [6, 6.07) is 12.0. The standard InChI is InChI=1S/C16H12Cl3NO2/c1-10(21)20(16-12(17)6-4-7-13(16)18)14-8-3-2-5-11(14)9-15(19)22/h2-8H,9H2,1H3. The van der Waals surface area contributed by atoms with Crippen molar-refractivity contribution in [2.24, 2.45) is 0 Å². The molecule has 0 fully saturated rings. The third kappa shape index (κ3) is 3.61. The van der Waals surface area contributed by atoms with Crippen LogP contribution in [-0.4, -0.2) is 11.1 Å². The van der Waals surface area contributed by atoms with Crippen molar-refractivity contribution in [2.45, 2.75) is 13.3 Å². The minimum Gasteiger partial charge on any atom is -0.281 e. The molecule has 2 aromatic rings. The highest BCUT2D eigenvalue weighted by Gasteiger charge is 2.22. The quantitative estimate of drug-likeness (QED) is 0.724. The van der Waals surface area contributed by atoms with E-state index in [4.69, 9.17) is 34.8 Å². The van der Waals surface area contributed by atoms with E-state index in [-0.39, 0.29) is 12.3 Å². The van der Waals surface area contributed by atoms with Crippen LogP contribution in [0.5, 0.6) is 0 Å². The number of hydrogen-bond donors (Lipinski definition) is 0. The lowest BCUT2D eigenvalue weighted by atomic mass is 10.1. The molecule has 2 aromatic carbocycles. The van der Waals surface area contributed by atoms with Crippen molar-refractivity contribution < 1.29 is 9.59 Å². The average Bonchev–Trinajstić information content (AvgIpc) is 2.43. The number of rotatable bonds is 4. The first kappa shape index (κ1) is 16.8. The molecular formula is C16H12Cl3NO2. The van der Waals surface area contributed by atoms with Crippen LogP contribution in [-0.2, 0) is 16.0 Å². The Morgan fingerprint density at radius 2 is 1.59 bits per heavy atom. The number of amides is 1. The van der Waals surface area contributed by atoms with Crippen LogP contribution in [0.3, 0.4) is 0 Å². The molecule has 0 spiro atoms. The molecule has 0 saturated heterocycles. The van der Waals surface area contributed by atoms with Crippen LogP contribution in [0.4, 0.5) is 11.4 Å². The Balaban J connectivity index is 2.64. The summed E-state index contributed by atoms with van der Waals surface area (Å²) in [5.74, 6) is -0.274. The summed E-state index contributed by atoms with van der Waals surface area (Å²) in [5.41, 5.74) is 1.53. The molecule has 0 unspecified atom stereocenters. The maximum absolute atomic E-state index is 12.2. The summed E-state index contributed by atoms with van der Waals surface area (Å²) in [5, 5.41) is 0.172. The van der Waals surface area contributed by atoms with Crippen molar-refractivity contribution in [2.75, 3.05) is 4.90 Å². The van der Waals surface area contributed by atoms with Crippen LogP contribution < -0.4 is 4.90 Å². The van der Waals surface area contributed by atoms with Gasteiger partial charge in [-0.3, -0.25) is 14.5 Å². The third-order valence-corrected chi connectivity index (χ3v) is 3.78. The number of carbonyl (C=O) groups is 2. The van der Waals surface area contributed by atoms with E-state index in [0.29, 0.717) is 27.0 Å². The first-order valence-corrected chi connectivity index (χ1v) is 7.56. The predicted molar refractivity (Wildman–Crippen MR) is 90.3 cm³/mol. The minimum absolute atomic E-state index is 0.00355. The first-order valence-electron chi connectivity index (χ1n) is 6.42. The number of benzene rings is 2. The van der Waals surface area contributed by atoms with Gasteiger partial charge >= 0.3 is 0 Å². The lowest BCUT2D eigenvalue weighted by Gasteiger charge is -2.25. The van der Waals surface area contributed by atoms with Crippen LogP contribution in [0.2, 0.25) is 10.0 Å². The van der Waals surface area contributed by atoms with Gasteiger partial charge in [0.15, 0.2) is 0 Å². The molecule has 1 amide bonds. The molecule has 0 aliphatic carbocycles. The molecule has 0 atom stereocenters. The second-order valence-electron chi connectivity index (χ2n) is 4.59. The maximum Gasteiger partial charge on any atom is 0.228 e. The first-order chi connectivity index (χ1) is 10.4. The van der Waals surface area contributed by atoms with Crippen LogP contribution in [0.1, 0.15) is 12.5 Å². The highest BCUT2D eigenvalue weighted by atomic mass is 35.5. The molecular weight excluding hydrogens is 345 g/mol. The molecule has 0 heterocycles. The van der Waals surface area contributed by atoms with E-state index in [1.807, 2.05) is 0 Å². The zero-order valence-corrected chi connectivity index (χ0v) is 13.9. The van der Waals surface area contributed by atoms with Crippen molar-refractivity contribution in [3.8, 4) is 0 Å². The fourth-order valence-corrected chi connectivity index (χ4v) is 2.89. The lowest BCUT2D eigenvalue weighted by molar-refractivity contribution is -0.116. The lowest BCUT2D eigenvalue weighted by Crippen LogP contribution is -2.25. The van der Waals surface area contributed by atoms with Gasteiger partial charge in [-0.2, -0.15) is 0 Å². The van der Waals surface area contributed by atoms with Gasteiger partial charge in [0.2, 0.25) is 11.1 Å². The van der Waals surface area contributed by atoms with Gasteiger partial charge in [-0.25, -0.2) is 0 Å². The molecule has 0 bridgehead atoms.